The average molecular weight is 298 g/mol. The van der Waals surface area contributed by atoms with Crippen molar-refractivity contribution in [2.75, 3.05) is 0 Å². The summed E-state index contributed by atoms with van der Waals surface area (Å²) in [5.41, 5.74) is 8.05. The Morgan fingerprint density at radius 3 is 2.48 bits per heavy atom. The van der Waals surface area contributed by atoms with Crippen molar-refractivity contribution in [1.29, 1.82) is 0 Å². The Kier molecular flexibility index (Phi) is 5.06. The van der Waals surface area contributed by atoms with Crippen LogP contribution in [0, 0.1) is 0 Å². The summed E-state index contributed by atoms with van der Waals surface area (Å²) in [6.07, 6.45) is 0.793. The van der Waals surface area contributed by atoms with E-state index in [1.807, 2.05) is 25.1 Å². The Morgan fingerprint density at radius 1 is 1.14 bits per heavy atom. The molecule has 0 radical (unpaired) electrons. The Balaban J connectivity index is 2.01. The Bertz CT molecular complexity index is 640. The van der Waals surface area contributed by atoms with Gasteiger partial charge >= 0.3 is 0 Å². The molecule has 3 nitrogen and oxygen atoms in total. The van der Waals surface area contributed by atoms with Gasteiger partial charge in [-0.3, -0.25) is 4.79 Å². The molecule has 1 amide bonds. The van der Waals surface area contributed by atoms with E-state index in [0.717, 1.165) is 6.42 Å². The summed E-state index contributed by atoms with van der Waals surface area (Å²) in [5.74, 6) is -0.114. The fraction of sp³-hybridized carbons (Fsp3) is 0.176. The van der Waals surface area contributed by atoms with Crippen LogP contribution in [0.1, 0.15) is 28.4 Å². The first kappa shape index (κ1) is 15.2. The van der Waals surface area contributed by atoms with E-state index >= 15 is 0 Å². The summed E-state index contributed by atoms with van der Waals surface area (Å²) in [6.45, 7) is 1.99. The van der Waals surface area contributed by atoms with Crippen molar-refractivity contribution < 1.29 is 4.79 Å². The zero-order valence-electron chi connectivity index (χ0n) is 11.9. The van der Waals surface area contributed by atoms with Gasteiger partial charge in [0.05, 0.1) is 0 Å². The predicted octanol–water partition coefficient (Wildman–Crippen LogP) is 2.68. The number of benzene rings is 2. The van der Waals surface area contributed by atoms with E-state index in [-0.39, 0.29) is 11.9 Å². The molecule has 0 aliphatic carbocycles. The van der Waals surface area contributed by atoms with Crippen LogP contribution in [0.2, 0.25) is 0 Å². The number of hydrogen-bond donors (Lipinski definition) is 2. The predicted molar refractivity (Wildman–Crippen MR) is 89.4 cm³/mol. The lowest BCUT2D eigenvalue weighted by Crippen LogP contribution is -2.34. The van der Waals surface area contributed by atoms with E-state index in [4.69, 9.17) is 18.0 Å². The molecule has 0 aliphatic rings. The maximum absolute atomic E-state index is 12.2. The third-order valence-electron chi connectivity index (χ3n) is 3.17. The molecule has 108 valence electrons. The number of nitrogens with two attached hydrogens (primary N) is 1. The lowest BCUT2D eigenvalue weighted by atomic mass is 10.1. The molecule has 4 heteroatoms. The fourth-order valence-electron chi connectivity index (χ4n) is 2.14. The summed E-state index contributed by atoms with van der Waals surface area (Å²) in [7, 11) is 0. The molecule has 0 saturated carbocycles. The van der Waals surface area contributed by atoms with Gasteiger partial charge in [0.1, 0.15) is 4.99 Å². The second kappa shape index (κ2) is 6.99. The van der Waals surface area contributed by atoms with E-state index in [1.165, 1.54) is 5.56 Å². The molecule has 2 rings (SSSR count). The first-order valence-electron chi connectivity index (χ1n) is 6.81. The van der Waals surface area contributed by atoms with E-state index in [2.05, 4.69) is 17.4 Å². The van der Waals surface area contributed by atoms with Crippen LogP contribution in [-0.2, 0) is 6.42 Å². The van der Waals surface area contributed by atoms with Crippen LogP contribution in [0.4, 0.5) is 0 Å². The van der Waals surface area contributed by atoms with Crippen LogP contribution >= 0.6 is 12.2 Å². The Morgan fingerprint density at radius 2 is 1.81 bits per heavy atom. The molecule has 0 aromatic heterocycles. The van der Waals surface area contributed by atoms with Crippen molar-refractivity contribution in [2.24, 2.45) is 5.73 Å². The van der Waals surface area contributed by atoms with E-state index in [0.29, 0.717) is 16.1 Å². The Hall–Kier alpha value is -2.20. The maximum Gasteiger partial charge on any atom is 0.251 e. The van der Waals surface area contributed by atoms with Gasteiger partial charge in [0.25, 0.3) is 5.91 Å². The SMILES string of the molecule is CC(Cc1ccccc1)NC(=O)c1cccc(C(N)=S)c1. The van der Waals surface area contributed by atoms with Crippen LogP contribution in [0.15, 0.2) is 54.6 Å². The molecule has 2 aromatic rings. The molecule has 3 N–H and O–H groups in total. The molecule has 0 saturated heterocycles. The molecule has 0 spiro atoms. The van der Waals surface area contributed by atoms with Crippen molar-refractivity contribution >= 4 is 23.1 Å². The van der Waals surface area contributed by atoms with Gasteiger partial charge in [0.15, 0.2) is 0 Å². The quantitative estimate of drug-likeness (QED) is 0.835. The summed E-state index contributed by atoms with van der Waals surface area (Å²) in [5, 5.41) is 2.99. The van der Waals surface area contributed by atoms with Gasteiger partial charge in [0, 0.05) is 17.2 Å². The highest BCUT2D eigenvalue weighted by Crippen LogP contribution is 2.07. The van der Waals surface area contributed by atoms with Gasteiger partial charge in [-0.2, -0.15) is 0 Å². The minimum atomic E-state index is -0.114. The first-order valence-corrected chi connectivity index (χ1v) is 7.22. The highest BCUT2D eigenvalue weighted by atomic mass is 32.1. The molecule has 2 aromatic carbocycles. The standard InChI is InChI=1S/C17H18N2OS/c1-12(10-13-6-3-2-4-7-13)19-17(20)15-9-5-8-14(11-15)16(18)21/h2-9,11-12H,10H2,1H3,(H2,18,21)(H,19,20). The number of carbonyl (C=O) groups is 1. The number of carbonyl (C=O) groups excluding carboxylic acids is 1. The van der Waals surface area contributed by atoms with Gasteiger partial charge in [-0.25, -0.2) is 0 Å². The third kappa shape index (κ3) is 4.39. The number of amides is 1. The van der Waals surface area contributed by atoms with Crippen molar-refractivity contribution in [3.63, 3.8) is 0 Å². The summed E-state index contributed by atoms with van der Waals surface area (Å²) in [6, 6.07) is 17.2. The lowest BCUT2D eigenvalue weighted by Gasteiger charge is -2.14. The molecule has 21 heavy (non-hydrogen) atoms. The van der Waals surface area contributed by atoms with Gasteiger partial charge in [-0.1, -0.05) is 54.7 Å². The van der Waals surface area contributed by atoms with Crippen molar-refractivity contribution in [1.82, 2.24) is 5.32 Å². The van der Waals surface area contributed by atoms with Gasteiger partial charge in [-0.05, 0) is 31.0 Å². The van der Waals surface area contributed by atoms with E-state index in [9.17, 15) is 4.79 Å². The fourth-order valence-corrected chi connectivity index (χ4v) is 2.27. The molecule has 0 aliphatic heterocycles. The minimum Gasteiger partial charge on any atom is -0.389 e. The lowest BCUT2D eigenvalue weighted by molar-refractivity contribution is 0.0940. The second-order valence-corrected chi connectivity index (χ2v) is 5.45. The topological polar surface area (TPSA) is 55.1 Å². The normalized spacial score (nSPS) is 11.7. The van der Waals surface area contributed by atoms with Crippen molar-refractivity contribution in [2.45, 2.75) is 19.4 Å². The highest BCUT2D eigenvalue weighted by Gasteiger charge is 2.11. The molecular weight excluding hydrogens is 280 g/mol. The van der Waals surface area contributed by atoms with Gasteiger partial charge in [-0.15, -0.1) is 0 Å². The van der Waals surface area contributed by atoms with Crippen molar-refractivity contribution in [3.05, 3.63) is 71.3 Å². The monoisotopic (exact) mass is 298 g/mol. The van der Waals surface area contributed by atoms with Crippen LogP contribution < -0.4 is 11.1 Å². The summed E-state index contributed by atoms with van der Waals surface area (Å²) >= 11 is 4.93. The Labute approximate surface area is 130 Å². The van der Waals surface area contributed by atoms with Gasteiger partial charge in [0.2, 0.25) is 0 Å². The minimum absolute atomic E-state index is 0.0494. The molecular formula is C17H18N2OS. The summed E-state index contributed by atoms with van der Waals surface area (Å²) in [4.78, 5) is 12.5. The zero-order chi connectivity index (χ0) is 15.2. The summed E-state index contributed by atoms with van der Waals surface area (Å²) < 4.78 is 0. The highest BCUT2D eigenvalue weighted by molar-refractivity contribution is 7.80. The number of hydrogen-bond acceptors (Lipinski definition) is 2. The van der Waals surface area contributed by atoms with Crippen LogP contribution in [-0.4, -0.2) is 16.9 Å². The van der Waals surface area contributed by atoms with E-state index < -0.39 is 0 Å². The second-order valence-electron chi connectivity index (χ2n) is 5.01. The average Bonchev–Trinajstić information content (AvgIpc) is 2.48. The smallest absolute Gasteiger partial charge is 0.251 e. The maximum atomic E-state index is 12.2. The molecule has 1 atom stereocenters. The number of thiocarbonyl (C=S) groups is 1. The van der Waals surface area contributed by atoms with Crippen LogP contribution in [0.25, 0.3) is 0 Å². The number of nitrogens with one attached hydrogen (secondary N) is 1. The molecule has 0 heterocycles. The van der Waals surface area contributed by atoms with Crippen LogP contribution in [0.5, 0.6) is 0 Å². The molecule has 0 bridgehead atoms. The molecule has 0 fully saturated rings. The number of rotatable bonds is 5. The largest absolute Gasteiger partial charge is 0.389 e. The zero-order valence-corrected chi connectivity index (χ0v) is 12.7. The van der Waals surface area contributed by atoms with Crippen molar-refractivity contribution in [3.8, 4) is 0 Å². The first-order chi connectivity index (χ1) is 10.1. The van der Waals surface area contributed by atoms with E-state index in [1.54, 1.807) is 24.3 Å². The molecule has 1 unspecified atom stereocenters. The van der Waals surface area contributed by atoms with Gasteiger partial charge < -0.3 is 11.1 Å². The third-order valence-corrected chi connectivity index (χ3v) is 3.41. The van der Waals surface area contributed by atoms with Crippen LogP contribution in [0.3, 0.4) is 0 Å².